The van der Waals surface area contributed by atoms with Gasteiger partial charge in [-0.05, 0) is 55.0 Å². The molecule has 0 unspecified atom stereocenters. The van der Waals surface area contributed by atoms with Crippen LogP contribution in [0, 0.1) is 0 Å². The highest BCUT2D eigenvalue weighted by atomic mass is 19.4. The highest BCUT2D eigenvalue weighted by Crippen LogP contribution is 2.40. The molecule has 1 N–H and O–H groups in total. The lowest BCUT2D eigenvalue weighted by atomic mass is 10.0. The molecule has 0 saturated carbocycles. The summed E-state index contributed by atoms with van der Waals surface area (Å²) < 4.78 is 55.1. The van der Waals surface area contributed by atoms with Crippen LogP contribution in [-0.4, -0.2) is 46.1 Å². The van der Waals surface area contributed by atoms with Crippen LogP contribution >= 0.6 is 0 Å². The van der Waals surface area contributed by atoms with E-state index in [-0.39, 0.29) is 18.6 Å². The molecule has 0 spiro atoms. The molecule has 3 heterocycles. The van der Waals surface area contributed by atoms with Crippen LogP contribution in [0.25, 0.3) is 17.1 Å². The van der Waals surface area contributed by atoms with Crippen molar-refractivity contribution >= 4 is 17.5 Å². The molecule has 0 radical (unpaired) electrons. The van der Waals surface area contributed by atoms with Gasteiger partial charge in [-0.25, -0.2) is 14.5 Å². The second-order valence-electron chi connectivity index (χ2n) is 8.69. The third-order valence-electron chi connectivity index (χ3n) is 6.45. The third kappa shape index (κ3) is 4.92. The molecule has 39 heavy (non-hydrogen) atoms. The number of nitrogens with one attached hydrogen (secondary N) is 1. The average Bonchev–Trinajstić information content (AvgIpc) is 3.57. The minimum Gasteiger partial charge on any atom is -0.497 e. The van der Waals surface area contributed by atoms with E-state index in [2.05, 4.69) is 22.0 Å². The van der Waals surface area contributed by atoms with Gasteiger partial charge >= 0.3 is 12.3 Å². The maximum Gasteiger partial charge on any atom is 0.435 e. The van der Waals surface area contributed by atoms with Gasteiger partial charge in [0, 0.05) is 42.9 Å². The van der Waals surface area contributed by atoms with Gasteiger partial charge in [0.2, 0.25) is 0 Å². The maximum atomic E-state index is 13.9. The topological polar surface area (TPSA) is 86.4 Å². The molecule has 1 aliphatic heterocycles. The molecule has 9 nitrogen and oxygen atoms in total. The van der Waals surface area contributed by atoms with E-state index in [9.17, 15) is 18.0 Å². The van der Waals surface area contributed by atoms with Crippen molar-refractivity contribution in [3.05, 3.63) is 90.3 Å². The van der Waals surface area contributed by atoms with Crippen LogP contribution in [-0.2, 0) is 23.9 Å². The normalized spacial score (nSPS) is 13.3. The number of rotatable bonds is 6. The maximum absolute atomic E-state index is 13.9. The van der Waals surface area contributed by atoms with Crippen molar-refractivity contribution < 1.29 is 27.4 Å². The van der Waals surface area contributed by atoms with Crippen LogP contribution < -0.4 is 15.0 Å². The van der Waals surface area contributed by atoms with Crippen molar-refractivity contribution in [2.24, 2.45) is 0 Å². The Morgan fingerprint density at radius 2 is 1.74 bits per heavy atom. The smallest absolute Gasteiger partial charge is 0.435 e. The zero-order valence-electron chi connectivity index (χ0n) is 21.2. The number of carbonyl (C=O) groups is 1. The van der Waals surface area contributed by atoms with Gasteiger partial charge in [-0.15, -0.1) is 0 Å². The van der Waals surface area contributed by atoms with Crippen molar-refractivity contribution in [3.63, 3.8) is 0 Å². The number of nitrogens with zero attached hydrogens (tertiary/aromatic N) is 5. The number of benzene rings is 2. The molecule has 1 amide bonds. The first kappa shape index (κ1) is 25.9. The van der Waals surface area contributed by atoms with Gasteiger partial charge in [0.05, 0.1) is 24.2 Å². The molecule has 0 fully saturated rings. The summed E-state index contributed by atoms with van der Waals surface area (Å²) in [7, 11) is 2.99. The minimum absolute atomic E-state index is 0.0168. The van der Waals surface area contributed by atoms with Crippen molar-refractivity contribution in [2.75, 3.05) is 25.6 Å². The van der Waals surface area contributed by atoms with Crippen LogP contribution in [0.1, 0.15) is 22.8 Å². The highest BCUT2D eigenvalue weighted by molar-refractivity contribution is 5.81. The Bertz CT molecular complexity index is 1510. The summed E-state index contributed by atoms with van der Waals surface area (Å²) in [6.45, 7) is 4.45. The SMILES string of the molecule is C=C1c2c(c(C(F)(F)F)nn2-c2ccc(OC)cc2)CCN1c1ccc(-n2ccnc2COC(=O)NC)cc1. The number of amides is 1. The third-order valence-corrected chi connectivity index (χ3v) is 6.45. The summed E-state index contributed by atoms with van der Waals surface area (Å²) in [5.41, 5.74) is 1.93. The average molecular weight is 539 g/mol. The fourth-order valence-corrected chi connectivity index (χ4v) is 4.56. The van der Waals surface area contributed by atoms with E-state index < -0.39 is 18.0 Å². The number of hydrogen-bond acceptors (Lipinski definition) is 6. The van der Waals surface area contributed by atoms with E-state index in [0.29, 0.717) is 35.2 Å². The number of aromatic nitrogens is 4. The zero-order valence-corrected chi connectivity index (χ0v) is 21.2. The van der Waals surface area contributed by atoms with Crippen molar-refractivity contribution in [1.82, 2.24) is 24.6 Å². The van der Waals surface area contributed by atoms with Gasteiger partial charge in [0.1, 0.15) is 5.75 Å². The number of alkyl halides is 3. The lowest BCUT2D eigenvalue weighted by Crippen LogP contribution is -2.30. The summed E-state index contributed by atoms with van der Waals surface area (Å²) in [6, 6.07) is 14.1. The Kier molecular flexibility index (Phi) is 6.77. The number of anilines is 1. The molecule has 1 aliphatic rings. The second kappa shape index (κ2) is 10.2. The van der Waals surface area contributed by atoms with E-state index in [1.807, 2.05) is 29.2 Å². The van der Waals surface area contributed by atoms with Gasteiger partial charge in [-0.1, -0.05) is 6.58 Å². The molecule has 4 aromatic rings. The number of alkyl carbamates (subject to hydrolysis) is 1. The first-order valence-corrected chi connectivity index (χ1v) is 12.0. The molecule has 12 heteroatoms. The van der Waals surface area contributed by atoms with Crippen molar-refractivity contribution in [3.8, 4) is 17.1 Å². The summed E-state index contributed by atoms with van der Waals surface area (Å²) in [4.78, 5) is 17.6. The minimum atomic E-state index is -4.60. The van der Waals surface area contributed by atoms with Crippen LogP contribution in [0.5, 0.6) is 5.75 Å². The highest BCUT2D eigenvalue weighted by Gasteiger charge is 2.41. The standard InChI is InChI=1S/C27H25F3N6O3/c1-17-24-22(25(27(28,29)30)33-36(24)20-8-10-21(38-3)11-9-20)12-14-34(17)18-4-6-19(7-5-18)35-15-13-32-23(35)16-39-26(37)31-2/h4-11,13,15H,1,12,14,16H2,2-3H3,(H,31,37). The van der Waals surface area contributed by atoms with Gasteiger partial charge in [-0.3, -0.25) is 0 Å². The van der Waals surface area contributed by atoms with Crippen molar-refractivity contribution in [2.45, 2.75) is 19.2 Å². The van der Waals surface area contributed by atoms with E-state index in [4.69, 9.17) is 9.47 Å². The molecule has 0 saturated heterocycles. The quantitative estimate of drug-likeness (QED) is 0.373. The number of fused-ring (bicyclic) bond motifs is 1. The molecule has 2 aromatic heterocycles. The summed E-state index contributed by atoms with van der Waals surface area (Å²) >= 11 is 0. The van der Waals surface area contributed by atoms with Crippen LogP contribution in [0.2, 0.25) is 0 Å². The van der Waals surface area contributed by atoms with E-state index in [0.717, 1.165) is 11.4 Å². The first-order valence-electron chi connectivity index (χ1n) is 12.0. The van der Waals surface area contributed by atoms with Gasteiger partial charge in [0.25, 0.3) is 0 Å². The van der Waals surface area contributed by atoms with E-state index in [1.54, 1.807) is 41.2 Å². The Hall–Kier alpha value is -4.74. The number of carbonyl (C=O) groups excluding carboxylic acids is 1. The fourth-order valence-electron chi connectivity index (χ4n) is 4.56. The number of imidazole rings is 1. The largest absolute Gasteiger partial charge is 0.497 e. The van der Waals surface area contributed by atoms with Gasteiger partial charge in [-0.2, -0.15) is 18.3 Å². The summed E-state index contributed by atoms with van der Waals surface area (Å²) in [5.74, 6) is 1.11. The molecule has 202 valence electrons. The van der Waals surface area contributed by atoms with Gasteiger partial charge < -0.3 is 24.3 Å². The van der Waals surface area contributed by atoms with E-state index in [1.165, 1.54) is 18.8 Å². The lowest BCUT2D eigenvalue weighted by Gasteiger charge is -2.32. The molecule has 0 atom stereocenters. The van der Waals surface area contributed by atoms with Crippen LogP contribution in [0.15, 0.2) is 67.5 Å². The molecular weight excluding hydrogens is 513 g/mol. The summed E-state index contributed by atoms with van der Waals surface area (Å²) in [6.07, 6.45) is -1.68. The first-order chi connectivity index (χ1) is 18.7. The number of hydrogen-bond donors (Lipinski definition) is 1. The molecule has 5 rings (SSSR count). The number of methoxy groups -OCH3 is 1. The molecular formula is C27H25F3N6O3. The van der Waals surface area contributed by atoms with Crippen LogP contribution in [0.3, 0.4) is 0 Å². The van der Waals surface area contributed by atoms with E-state index >= 15 is 0 Å². The Morgan fingerprint density at radius 1 is 1.08 bits per heavy atom. The van der Waals surface area contributed by atoms with Gasteiger partial charge in [0.15, 0.2) is 18.1 Å². The zero-order chi connectivity index (χ0) is 27.7. The van der Waals surface area contributed by atoms with Crippen LogP contribution in [0.4, 0.5) is 23.7 Å². The Labute approximate surface area is 222 Å². The lowest BCUT2D eigenvalue weighted by molar-refractivity contribution is -0.141. The molecule has 0 aliphatic carbocycles. The Balaban J connectivity index is 1.46. The second-order valence-corrected chi connectivity index (χ2v) is 8.69. The number of halogens is 3. The predicted octanol–water partition coefficient (Wildman–Crippen LogP) is 4.97. The monoisotopic (exact) mass is 538 g/mol. The summed E-state index contributed by atoms with van der Waals surface area (Å²) in [5, 5.41) is 6.36. The molecule has 0 bridgehead atoms. The van der Waals surface area contributed by atoms with Crippen molar-refractivity contribution in [1.29, 1.82) is 0 Å². The predicted molar refractivity (Wildman–Crippen MR) is 138 cm³/mol. The molecule has 2 aromatic carbocycles. The fraction of sp³-hybridized carbons (Fsp3) is 0.222. The Morgan fingerprint density at radius 3 is 2.38 bits per heavy atom. The number of ether oxygens (including phenoxy) is 2.